The minimum absolute atomic E-state index is 0.270. The predicted molar refractivity (Wildman–Crippen MR) is 103 cm³/mol. The van der Waals surface area contributed by atoms with E-state index in [1.807, 2.05) is 11.6 Å². The summed E-state index contributed by atoms with van der Waals surface area (Å²) in [6.07, 6.45) is 6.05. The highest BCUT2D eigenvalue weighted by atomic mass is 32.1. The minimum Gasteiger partial charge on any atom is -0.396 e. The molecular weight excluding hydrogens is 332 g/mol. The highest BCUT2D eigenvalue weighted by Crippen LogP contribution is 2.20. The van der Waals surface area contributed by atoms with Gasteiger partial charge in [0, 0.05) is 62.3 Å². The summed E-state index contributed by atoms with van der Waals surface area (Å²) in [5, 5.41) is 12.5. The molecule has 0 radical (unpaired) electrons. The molecule has 2 aromatic rings. The van der Waals surface area contributed by atoms with Crippen LogP contribution in [0.15, 0.2) is 29.9 Å². The van der Waals surface area contributed by atoms with Gasteiger partial charge in [-0.05, 0) is 37.4 Å². The van der Waals surface area contributed by atoms with Crippen molar-refractivity contribution in [1.82, 2.24) is 19.4 Å². The Morgan fingerprint density at radius 2 is 2.24 bits per heavy atom. The fourth-order valence-corrected chi connectivity index (χ4v) is 4.19. The SMILES string of the molecule is CC(C)CCN1CCN(Cc2cccn2-c2nccs2)C[C@@H]1CCO. The fraction of sp³-hybridized carbons (Fsp3) is 0.632. The molecule has 0 aromatic carbocycles. The first-order chi connectivity index (χ1) is 12.2. The van der Waals surface area contributed by atoms with Crippen molar-refractivity contribution in [3.63, 3.8) is 0 Å². The second-order valence-corrected chi connectivity index (χ2v) is 8.18. The molecule has 1 fully saturated rings. The van der Waals surface area contributed by atoms with Crippen molar-refractivity contribution < 1.29 is 5.11 Å². The summed E-state index contributed by atoms with van der Waals surface area (Å²) >= 11 is 1.67. The number of aromatic nitrogens is 2. The zero-order valence-corrected chi connectivity index (χ0v) is 16.2. The van der Waals surface area contributed by atoms with E-state index in [-0.39, 0.29) is 6.61 Å². The molecule has 3 heterocycles. The molecule has 0 unspecified atom stereocenters. The van der Waals surface area contributed by atoms with Gasteiger partial charge in [-0.25, -0.2) is 4.98 Å². The average molecular weight is 363 g/mol. The lowest BCUT2D eigenvalue weighted by atomic mass is 10.1. The molecule has 0 spiro atoms. The number of aliphatic hydroxyl groups is 1. The van der Waals surface area contributed by atoms with Crippen LogP contribution in [-0.4, -0.2) is 63.3 Å². The average Bonchev–Trinajstić information content (AvgIpc) is 3.25. The molecule has 2 aromatic heterocycles. The largest absolute Gasteiger partial charge is 0.396 e. The lowest BCUT2D eigenvalue weighted by Crippen LogP contribution is -2.53. The zero-order chi connectivity index (χ0) is 17.6. The molecule has 1 N–H and O–H groups in total. The summed E-state index contributed by atoms with van der Waals surface area (Å²) in [6.45, 7) is 10.1. The van der Waals surface area contributed by atoms with Gasteiger partial charge in [0.05, 0.1) is 0 Å². The van der Waals surface area contributed by atoms with Crippen LogP contribution in [0.5, 0.6) is 0 Å². The van der Waals surface area contributed by atoms with Crippen molar-refractivity contribution in [2.45, 2.75) is 39.3 Å². The van der Waals surface area contributed by atoms with Gasteiger partial charge in [0.1, 0.15) is 0 Å². The van der Waals surface area contributed by atoms with Gasteiger partial charge in [0.2, 0.25) is 0 Å². The monoisotopic (exact) mass is 362 g/mol. The van der Waals surface area contributed by atoms with Crippen molar-refractivity contribution >= 4 is 11.3 Å². The molecule has 5 nitrogen and oxygen atoms in total. The van der Waals surface area contributed by atoms with Gasteiger partial charge >= 0.3 is 0 Å². The maximum absolute atomic E-state index is 9.47. The maximum atomic E-state index is 9.47. The number of piperazine rings is 1. The van der Waals surface area contributed by atoms with Crippen LogP contribution in [0.1, 0.15) is 32.4 Å². The Morgan fingerprint density at radius 3 is 2.96 bits per heavy atom. The molecule has 0 aliphatic carbocycles. The molecule has 138 valence electrons. The van der Waals surface area contributed by atoms with E-state index >= 15 is 0 Å². The number of thiazole rings is 1. The number of hydrogen-bond acceptors (Lipinski definition) is 5. The zero-order valence-electron chi connectivity index (χ0n) is 15.3. The number of nitrogens with zero attached hydrogens (tertiary/aromatic N) is 4. The van der Waals surface area contributed by atoms with Gasteiger partial charge in [-0.15, -0.1) is 11.3 Å². The summed E-state index contributed by atoms with van der Waals surface area (Å²) in [7, 11) is 0. The quantitative estimate of drug-likeness (QED) is 0.784. The summed E-state index contributed by atoms with van der Waals surface area (Å²) in [5.74, 6) is 0.731. The van der Waals surface area contributed by atoms with Gasteiger partial charge in [0.15, 0.2) is 5.13 Å². The fourth-order valence-electron chi connectivity index (χ4n) is 3.54. The lowest BCUT2D eigenvalue weighted by Gasteiger charge is -2.41. The molecule has 1 aliphatic heterocycles. The van der Waals surface area contributed by atoms with Gasteiger partial charge in [0.25, 0.3) is 0 Å². The highest BCUT2D eigenvalue weighted by molar-refractivity contribution is 7.12. The first-order valence-corrected chi connectivity index (χ1v) is 10.2. The molecule has 0 bridgehead atoms. The lowest BCUT2D eigenvalue weighted by molar-refractivity contribution is 0.0516. The summed E-state index contributed by atoms with van der Waals surface area (Å²) in [6, 6.07) is 4.75. The van der Waals surface area contributed by atoms with Crippen LogP contribution >= 0.6 is 11.3 Å². The van der Waals surface area contributed by atoms with Crippen LogP contribution in [0.2, 0.25) is 0 Å². The standard InChI is InChI=1S/C19H30N4OS/c1-16(2)5-9-22-11-10-21(14-17(22)6-12-24)15-18-4-3-8-23(18)19-20-7-13-25-19/h3-4,7-8,13,16-17,24H,5-6,9-12,14-15H2,1-2H3/t17-/m0/s1. The van der Waals surface area contributed by atoms with Crippen LogP contribution in [0.25, 0.3) is 5.13 Å². The summed E-state index contributed by atoms with van der Waals surface area (Å²) < 4.78 is 2.19. The van der Waals surface area contributed by atoms with Crippen molar-refractivity contribution in [2.24, 2.45) is 5.92 Å². The molecular formula is C19H30N4OS. The second kappa shape index (κ2) is 8.94. The highest BCUT2D eigenvalue weighted by Gasteiger charge is 2.27. The smallest absolute Gasteiger partial charge is 0.193 e. The molecule has 1 saturated heterocycles. The van der Waals surface area contributed by atoms with E-state index in [0.29, 0.717) is 6.04 Å². The number of aliphatic hydroxyl groups excluding tert-OH is 1. The van der Waals surface area contributed by atoms with E-state index < -0.39 is 0 Å². The maximum Gasteiger partial charge on any atom is 0.193 e. The van der Waals surface area contributed by atoms with Crippen molar-refractivity contribution in [3.05, 3.63) is 35.6 Å². The van der Waals surface area contributed by atoms with Crippen LogP contribution in [0.4, 0.5) is 0 Å². The van der Waals surface area contributed by atoms with Crippen LogP contribution in [0, 0.1) is 5.92 Å². The Labute approximate surface area is 154 Å². The molecule has 0 saturated carbocycles. The van der Waals surface area contributed by atoms with Crippen molar-refractivity contribution in [2.75, 3.05) is 32.8 Å². The van der Waals surface area contributed by atoms with E-state index in [4.69, 9.17) is 0 Å². The molecule has 0 amide bonds. The van der Waals surface area contributed by atoms with Gasteiger partial charge in [-0.2, -0.15) is 0 Å². The molecule has 25 heavy (non-hydrogen) atoms. The van der Waals surface area contributed by atoms with Crippen LogP contribution < -0.4 is 0 Å². The second-order valence-electron chi connectivity index (χ2n) is 7.30. The third-order valence-electron chi connectivity index (χ3n) is 4.99. The number of rotatable bonds is 8. The van der Waals surface area contributed by atoms with Crippen LogP contribution in [0.3, 0.4) is 0 Å². The summed E-state index contributed by atoms with van der Waals surface area (Å²) in [5.41, 5.74) is 1.29. The van der Waals surface area contributed by atoms with Crippen molar-refractivity contribution in [3.8, 4) is 5.13 Å². The molecule has 1 atom stereocenters. The first-order valence-electron chi connectivity index (χ1n) is 9.30. The van der Waals surface area contributed by atoms with E-state index in [1.165, 1.54) is 12.1 Å². The normalized spacial score (nSPS) is 19.8. The Kier molecular flexibility index (Phi) is 6.64. The third kappa shape index (κ3) is 4.91. The Hall–Kier alpha value is -1.21. The van der Waals surface area contributed by atoms with E-state index in [1.54, 1.807) is 11.3 Å². The van der Waals surface area contributed by atoms with Crippen LogP contribution in [-0.2, 0) is 6.54 Å². The molecule has 3 rings (SSSR count). The Morgan fingerprint density at radius 1 is 1.36 bits per heavy atom. The molecule has 1 aliphatic rings. The van der Waals surface area contributed by atoms with E-state index in [2.05, 4.69) is 51.5 Å². The molecule has 6 heteroatoms. The Balaban J connectivity index is 1.62. The van der Waals surface area contributed by atoms with Gasteiger partial charge in [-0.3, -0.25) is 14.4 Å². The van der Waals surface area contributed by atoms with Crippen molar-refractivity contribution in [1.29, 1.82) is 0 Å². The van der Waals surface area contributed by atoms with Gasteiger partial charge in [-0.1, -0.05) is 13.8 Å². The van der Waals surface area contributed by atoms with E-state index in [9.17, 15) is 5.11 Å². The van der Waals surface area contributed by atoms with E-state index in [0.717, 1.165) is 50.2 Å². The topological polar surface area (TPSA) is 44.5 Å². The van der Waals surface area contributed by atoms with Gasteiger partial charge < -0.3 is 5.11 Å². The third-order valence-corrected chi connectivity index (χ3v) is 5.76. The Bertz CT molecular complexity index is 625. The minimum atomic E-state index is 0.270. The summed E-state index contributed by atoms with van der Waals surface area (Å²) in [4.78, 5) is 9.53. The first kappa shape index (κ1) is 18.6. The number of hydrogen-bond donors (Lipinski definition) is 1. The predicted octanol–water partition coefficient (Wildman–Crippen LogP) is 2.85.